The minimum atomic E-state index is -0.839. The molecule has 0 atom stereocenters. The number of aromatic nitrogens is 1. The minimum absolute atomic E-state index is 0.180. The maximum absolute atomic E-state index is 13.3. The van der Waals surface area contributed by atoms with Crippen LogP contribution in [0, 0.1) is 26.6 Å². The third kappa shape index (κ3) is 3.71. The van der Waals surface area contributed by atoms with Crippen molar-refractivity contribution in [3.63, 3.8) is 0 Å². The second-order valence-electron chi connectivity index (χ2n) is 7.53. The van der Waals surface area contributed by atoms with Gasteiger partial charge in [-0.1, -0.05) is 17.7 Å². The molecular weight excluding hydrogens is 433 g/mol. The van der Waals surface area contributed by atoms with Crippen molar-refractivity contribution in [1.82, 2.24) is 9.88 Å². The summed E-state index contributed by atoms with van der Waals surface area (Å²) < 4.78 is 15.2. The SMILES string of the molecule is Cc1ccc(N2C(=O)NC(=O)C(=Cc3cc(C)n(-c4ccc(F)cc4)c3C)C2=O)cc1Cl. The molecule has 0 radical (unpaired) electrons. The summed E-state index contributed by atoms with van der Waals surface area (Å²) in [5, 5.41) is 2.61. The first-order valence-corrected chi connectivity index (χ1v) is 10.2. The maximum Gasteiger partial charge on any atom is 0.335 e. The van der Waals surface area contributed by atoms with Crippen LogP contribution in [0.15, 0.2) is 54.1 Å². The van der Waals surface area contributed by atoms with Crippen LogP contribution in [0.5, 0.6) is 0 Å². The Balaban J connectivity index is 1.76. The predicted molar refractivity (Wildman–Crippen MR) is 120 cm³/mol. The first kappa shape index (κ1) is 21.5. The first-order chi connectivity index (χ1) is 15.2. The van der Waals surface area contributed by atoms with Crippen molar-refractivity contribution in [3.8, 4) is 5.69 Å². The summed E-state index contributed by atoms with van der Waals surface area (Å²) >= 11 is 6.15. The molecule has 0 bridgehead atoms. The molecule has 1 fully saturated rings. The molecule has 1 N–H and O–H groups in total. The molecular formula is C24H19ClFN3O3. The first-order valence-electron chi connectivity index (χ1n) is 9.80. The van der Waals surface area contributed by atoms with Gasteiger partial charge in [-0.2, -0.15) is 0 Å². The van der Waals surface area contributed by atoms with Crippen LogP contribution in [0.3, 0.4) is 0 Å². The molecule has 0 aliphatic carbocycles. The number of nitrogens with zero attached hydrogens (tertiary/aromatic N) is 2. The molecule has 32 heavy (non-hydrogen) atoms. The molecule has 1 aromatic heterocycles. The number of benzene rings is 2. The molecule has 3 aromatic rings. The number of carbonyl (C=O) groups excluding carboxylic acids is 3. The van der Waals surface area contributed by atoms with Crippen molar-refractivity contribution < 1.29 is 18.8 Å². The van der Waals surface area contributed by atoms with Gasteiger partial charge in [0.05, 0.1) is 5.69 Å². The zero-order chi connectivity index (χ0) is 23.2. The topological polar surface area (TPSA) is 71.4 Å². The van der Waals surface area contributed by atoms with Crippen molar-refractivity contribution in [2.75, 3.05) is 4.90 Å². The number of hydrogen-bond donors (Lipinski definition) is 1. The number of amides is 4. The number of nitrogens with one attached hydrogen (secondary N) is 1. The third-order valence-electron chi connectivity index (χ3n) is 5.37. The summed E-state index contributed by atoms with van der Waals surface area (Å²) in [6.07, 6.45) is 1.45. The molecule has 0 spiro atoms. The molecule has 2 heterocycles. The molecule has 1 aliphatic heterocycles. The molecule has 4 amide bonds. The summed E-state index contributed by atoms with van der Waals surface area (Å²) in [5.41, 5.74) is 3.84. The number of barbiturate groups is 1. The Morgan fingerprint density at radius 3 is 2.25 bits per heavy atom. The number of hydrogen-bond acceptors (Lipinski definition) is 3. The smallest absolute Gasteiger partial charge is 0.318 e. The highest BCUT2D eigenvalue weighted by molar-refractivity contribution is 6.39. The van der Waals surface area contributed by atoms with Gasteiger partial charge < -0.3 is 4.57 Å². The zero-order valence-electron chi connectivity index (χ0n) is 17.6. The normalized spacial score (nSPS) is 15.5. The van der Waals surface area contributed by atoms with Crippen LogP contribution in [-0.2, 0) is 9.59 Å². The lowest BCUT2D eigenvalue weighted by atomic mass is 10.1. The molecule has 2 aromatic carbocycles. The summed E-state index contributed by atoms with van der Waals surface area (Å²) in [6, 6.07) is 11.8. The lowest BCUT2D eigenvalue weighted by Crippen LogP contribution is -2.54. The molecule has 0 unspecified atom stereocenters. The van der Waals surface area contributed by atoms with Crippen LogP contribution in [0.25, 0.3) is 11.8 Å². The number of rotatable bonds is 3. The fraction of sp³-hybridized carbons (Fsp3) is 0.125. The Morgan fingerprint density at radius 2 is 1.59 bits per heavy atom. The third-order valence-corrected chi connectivity index (χ3v) is 5.78. The van der Waals surface area contributed by atoms with E-state index in [1.807, 2.05) is 24.5 Å². The minimum Gasteiger partial charge on any atom is -0.318 e. The van der Waals surface area contributed by atoms with Crippen LogP contribution in [-0.4, -0.2) is 22.4 Å². The van der Waals surface area contributed by atoms with E-state index < -0.39 is 17.8 Å². The van der Waals surface area contributed by atoms with Crippen LogP contribution in [0.4, 0.5) is 14.9 Å². The van der Waals surface area contributed by atoms with Gasteiger partial charge in [0.25, 0.3) is 11.8 Å². The fourth-order valence-corrected chi connectivity index (χ4v) is 3.86. The second kappa shape index (κ2) is 8.09. The van der Waals surface area contributed by atoms with Gasteiger partial charge in [-0.3, -0.25) is 14.9 Å². The van der Waals surface area contributed by atoms with E-state index in [1.54, 1.807) is 31.2 Å². The summed E-state index contributed by atoms with van der Waals surface area (Å²) in [5.74, 6) is -1.87. The highest BCUT2D eigenvalue weighted by Gasteiger charge is 2.37. The number of carbonyl (C=O) groups is 3. The molecule has 0 saturated carbocycles. The Labute approximate surface area is 188 Å². The van der Waals surface area contributed by atoms with Gasteiger partial charge in [-0.05, 0) is 80.4 Å². The highest BCUT2D eigenvalue weighted by Crippen LogP contribution is 2.28. The van der Waals surface area contributed by atoms with Gasteiger partial charge in [-0.15, -0.1) is 0 Å². The average Bonchev–Trinajstić information content (AvgIpc) is 3.01. The molecule has 6 nitrogen and oxygen atoms in total. The van der Waals surface area contributed by atoms with Crippen molar-refractivity contribution in [2.45, 2.75) is 20.8 Å². The van der Waals surface area contributed by atoms with E-state index >= 15 is 0 Å². The van der Waals surface area contributed by atoms with Crippen molar-refractivity contribution in [2.24, 2.45) is 0 Å². The van der Waals surface area contributed by atoms with E-state index in [-0.39, 0.29) is 17.1 Å². The van der Waals surface area contributed by atoms with Gasteiger partial charge in [0.15, 0.2) is 0 Å². The van der Waals surface area contributed by atoms with E-state index in [0.29, 0.717) is 10.6 Å². The highest BCUT2D eigenvalue weighted by atomic mass is 35.5. The standard InChI is InChI=1S/C24H19ClFN3O3/c1-13-4-7-19(12-21(13)25)29-23(31)20(22(30)27-24(29)32)11-16-10-14(2)28(15(16)3)18-8-5-17(26)6-9-18/h4-12H,1-3H3,(H,27,30,32). The Morgan fingerprint density at radius 1 is 0.938 bits per heavy atom. The van der Waals surface area contributed by atoms with Gasteiger partial charge in [0.2, 0.25) is 0 Å². The lowest BCUT2D eigenvalue weighted by Gasteiger charge is -2.26. The van der Waals surface area contributed by atoms with E-state index in [2.05, 4.69) is 5.32 Å². The van der Waals surface area contributed by atoms with Crippen molar-refractivity contribution in [1.29, 1.82) is 0 Å². The monoisotopic (exact) mass is 451 g/mol. The fourth-order valence-electron chi connectivity index (χ4n) is 3.69. The molecule has 1 saturated heterocycles. The number of halogens is 2. The number of imide groups is 2. The molecule has 8 heteroatoms. The average molecular weight is 452 g/mol. The summed E-state index contributed by atoms with van der Waals surface area (Å²) in [6.45, 7) is 5.50. The molecule has 1 aliphatic rings. The number of aryl methyl sites for hydroxylation is 2. The van der Waals surface area contributed by atoms with Gasteiger partial charge in [0.1, 0.15) is 11.4 Å². The second-order valence-corrected chi connectivity index (χ2v) is 7.94. The quantitative estimate of drug-likeness (QED) is 0.456. The molecule has 162 valence electrons. The van der Waals surface area contributed by atoms with Crippen LogP contribution >= 0.6 is 11.6 Å². The van der Waals surface area contributed by atoms with E-state index in [9.17, 15) is 18.8 Å². The Hall–Kier alpha value is -3.71. The summed E-state index contributed by atoms with van der Waals surface area (Å²) in [7, 11) is 0. The van der Waals surface area contributed by atoms with Crippen LogP contribution in [0.2, 0.25) is 5.02 Å². The Bertz CT molecular complexity index is 1310. The molecule has 4 rings (SSSR count). The predicted octanol–water partition coefficient (Wildman–Crippen LogP) is 4.86. The maximum atomic E-state index is 13.3. The number of anilines is 1. The van der Waals surface area contributed by atoms with E-state index in [1.165, 1.54) is 24.3 Å². The van der Waals surface area contributed by atoms with Crippen LogP contribution < -0.4 is 10.2 Å². The Kier molecular flexibility index (Phi) is 5.44. The summed E-state index contributed by atoms with van der Waals surface area (Å²) in [4.78, 5) is 39.0. The largest absolute Gasteiger partial charge is 0.335 e. The van der Waals surface area contributed by atoms with Gasteiger partial charge >= 0.3 is 6.03 Å². The van der Waals surface area contributed by atoms with Gasteiger partial charge in [0, 0.05) is 22.1 Å². The van der Waals surface area contributed by atoms with E-state index in [0.717, 1.165) is 27.5 Å². The van der Waals surface area contributed by atoms with Crippen molar-refractivity contribution >= 4 is 41.2 Å². The van der Waals surface area contributed by atoms with E-state index in [4.69, 9.17) is 11.6 Å². The van der Waals surface area contributed by atoms with Gasteiger partial charge in [-0.25, -0.2) is 14.1 Å². The van der Waals surface area contributed by atoms with Crippen LogP contribution in [0.1, 0.15) is 22.5 Å². The lowest BCUT2D eigenvalue weighted by molar-refractivity contribution is -0.122. The number of urea groups is 1. The van der Waals surface area contributed by atoms with Crippen molar-refractivity contribution in [3.05, 3.63) is 87.5 Å². The zero-order valence-corrected chi connectivity index (χ0v) is 18.3.